The minimum absolute atomic E-state index is 0.0111. The molecule has 0 aliphatic carbocycles. The third-order valence-electron chi connectivity index (χ3n) is 4.17. The molecule has 0 unspecified atom stereocenters. The van der Waals surface area contributed by atoms with Crippen LogP contribution in [0.1, 0.15) is 42.4 Å². The smallest absolute Gasteiger partial charge is 0.417 e. The van der Waals surface area contributed by atoms with Crippen LogP contribution in [0.3, 0.4) is 0 Å². The number of rotatable bonds is 2. The van der Waals surface area contributed by atoms with E-state index in [1.54, 1.807) is 26.8 Å². The molecule has 29 heavy (non-hydrogen) atoms. The van der Waals surface area contributed by atoms with Crippen LogP contribution in [-0.4, -0.2) is 33.7 Å². The van der Waals surface area contributed by atoms with E-state index in [1.807, 2.05) is 0 Å². The van der Waals surface area contributed by atoms with Crippen molar-refractivity contribution in [3.05, 3.63) is 63.3 Å². The molecule has 0 fully saturated rings. The van der Waals surface area contributed by atoms with Crippen molar-refractivity contribution in [3.8, 4) is 6.07 Å². The van der Waals surface area contributed by atoms with Gasteiger partial charge < -0.3 is 4.74 Å². The standard InChI is InChI=1S/C20H19FN4O4/c1-20(2,3)29-19(28)24-9-8-16-15(18(24)27)10-12(11-22)17(26)25(16)23-14-6-4-13(21)5-7-14/h4-7,10,23H,8-9H2,1-3H3. The molecule has 1 aliphatic heterocycles. The molecule has 1 aliphatic rings. The van der Waals surface area contributed by atoms with Gasteiger partial charge in [0, 0.05) is 13.0 Å². The fourth-order valence-corrected chi connectivity index (χ4v) is 2.89. The van der Waals surface area contributed by atoms with Gasteiger partial charge in [0.2, 0.25) is 0 Å². The molecule has 1 aromatic carbocycles. The van der Waals surface area contributed by atoms with E-state index in [2.05, 4.69) is 5.43 Å². The fourth-order valence-electron chi connectivity index (χ4n) is 2.89. The molecule has 2 aromatic rings. The average molecular weight is 398 g/mol. The molecule has 1 N–H and O–H groups in total. The fraction of sp³-hybridized carbons (Fsp3) is 0.300. The lowest BCUT2D eigenvalue weighted by Gasteiger charge is -2.30. The summed E-state index contributed by atoms with van der Waals surface area (Å²) in [6.45, 7) is 5.07. The number of halogens is 1. The first-order valence-corrected chi connectivity index (χ1v) is 8.87. The number of pyridine rings is 1. The largest absolute Gasteiger partial charge is 0.443 e. The zero-order valence-electron chi connectivity index (χ0n) is 16.2. The number of aromatic nitrogens is 1. The van der Waals surface area contributed by atoms with Gasteiger partial charge in [0.05, 0.1) is 16.9 Å². The molecule has 0 saturated carbocycles. The maximum absolute atomic E-state index is 13.2. The lowest BCUT2D eigenvalue weighted by molar-refractivity contribution is 0.0231. The van der Waals surface area contributed by atoms with E-state index in [0.717, 1.165) is 9.58 Å². The van der Waals surface area contributed by atoms with Gasteiger partial charge in [-0.25, -0.2) is 18.8 Å². The van der Waals surface area contributed by atoms with Crippen LogP contribution in [0, 0.1) is 17.1 Å². The van der Waals surface area contributed by atoms with Crippen LogP contribution in [0.25, 0.3) is 0 Å². The highest BCUT2D eigenvalue weighted by molar-refractivity contribution is 6.04. The first kappa shape index (κ1) is 20.1. The SMILES string of the molecule is CC(C)(C)OC(=O)N1CCc2c(cc(C#N)c(=O)n2Nc2ccc(F)cc2)C1=O. The number of imide groups is 1. The Morgan fingerprint density at radius 2 is 1.90 bits per heavy atom. The Morgan fingerprint density at radius 3 is 2.48 bits per heavy atom. The van der Waals surface area contributed by atoms with Crippen LogP contribution in [0.5, 0.6) is 0 Å². The third-order valence-corrected chi connectivity index (χ3v) is 4.17. The third kappa shape index (κ3) is 4.11. The van der Waals surface area contributed by atoms with Gasteiger partial charge in [0.15, 0.2) is 0 Å². The van der Waals surface area contributed by atoms with Crippen LogP contribution < -0.4 is 11.0 Å². The Kier molecular flexibility index (Phi) is 5.12. The molecule has 0 radical (unpaired) electrons. The Labute approximate surface area is 166 Å². The van der Waals surface area contributed by atoms with E-state index >= 15 is 0 Å². The second-order valence-corrected chi connectivity index (χ2v) is 7.48. The van der Waals surface area contributed by atoms with Crippen molar-refractivity contribution in [1.82, 2.24) is 9.58 Å². The van der Waals surface area contributed by atoms with Gasteiger partial charge in [0.25, 0.3) is 11.5 Å². The zero-order chi connectivity index (χ0) is 21.3. The molecule has 8 nitrogen and oxygen atoms in total. The molecule has 0 atom stereocenters. The molecule has 3 rings (SSSR count). The van der Waals surface area contributed by atoms with Gasteiger partial charge in [-0.05, 0) is 51.1 Å². The highest BCUT2D eigenvalue weighted by Gasteiger charge is 2.34. The summed E-state index contributed by atoms with van der Waals surface area (Å²) in [5.41, 5.74) is 1.88. The molecule has 9 heteroatoms. The Hall–Kier alpha value is -3.67. The molecule has 0 saturated heterocycles. The molecule has 1 aromatic heterocycles. The van der Waals surface area contributed by atoms with Gasteiger partial charge >= 0.3 is 6.09 Å². The van der Waals surface area contributed by atoms with Gasteiger partial charge in [0.1, 0.15) is 23.1 Å². The number of nitriles is 1. The van der Waals surface area contributed by atoms with E-state index in [-0.39, 0.29) is 24.1 Å². The minimum Gasteiger partial charge on any atom is -0.443 e. The highest BCUT2D eigenvalue weighted by atomic mass is 19.1. The number of anilines is 1. The summed E-state index contributed by atoms with van der Waals surface area (Å²) in [7, 11) is 0. The summed E-state index contributed by atoms with van der Waals surface area (Å²) in [6, 6.07) is 8.21. The Balaban J connectivity index is 2.03. The number of hydrogen-bond donors (Lipinski definition) is 1. The van der Waals surface area contributed by atoms with Gasteiger partial charge in [-0.15, -0.1) is 0 Å². The van der Waals surface area contributed by atoms with Crippen LogP contribution in [0.4, 0.5) is 14.9 Å². The Morgan fingerprint density at radius 1 is 1.24 bits per heavy atom. The lowest BCUT2D eigenvalue weighted by Crippen LogP contribution is -2.47. The molecule has 150 valence electrons. The maximum Gasteiger partial charge on any atom is 0.417 e. The van der Waals surface area contributed by atoms with E-state index in [0.29, 0.717) is 11.4 Å². The highest BCUT2D eigenvalue weighted by Crippen LogP contribution is 2.22. The van der Waals surface area contributed by atoms with Crippen molar-refractivity contribution < 1.29 is 18.7 Å². The van der Waals surface area contributed by atoms with Gasteiger partial charge in [-0.2, -0.15) is 5.26 Å². The Bertz CT molecular complexity index is 1080. The molecule has 0 bridgehead atoms. The monoisotopic (exact) mass is 398 g/mol. The number of carbonyl (C=O) groups excluding carboxylic acids is 2. The average Bonchev–Trinajstić information content (AvgIpc) is 2.64. The number of hydrogen-bond acceptors (Lipinski definition) is 6. The number of benzene rings is 1. The molecular weight excluding hydrogens is 379 g/mol. The topological polar surface area (TPSA) is 104 Å². The van der Waals surface area contributed by atoms with Gasteiger partial charge in [-0.3, -0.25) is 15.0 Å². The normalized spacial score (nSPS) is 13.5. The predicted molar refractivity (Wildman–Crippen MR) is 102 cm³/mol. The maximum atomic E-state index is 13.2. The van der Waals surface area contributed by atoms with Crippen molar-refractivity contribution in [3.63, 3.8) is 0 Å². The van der Waals surface area contributed by atoms with Crippen molar-refractivity contribution in [2.45, 2.75) is 32.8 Å². The number of carbonyl (C=O) groups is 2. The molecular formula is C20H19FN4O4. The van der Waals surface area contributed by atoms with Gasteiger partial charge in [-0.1, -0.05) is 0 Å². The van der Waals surface area contributed by atoms with Crippen molar-refractivity contribution in [2.24, 2.45) is 0 Å². The van der Waals surface area contributed by atoms with Crippen molar-refractivity contribution >= 4 is 17.7 Å². The number of ether oxygens (including phenoxy) is 1. The van der Waals surface area contributed by atoms with Crippen LogP contribution in [-0.2, 0) is 11.2 Å². The first-order chi connectivity index (χ1) is 13.6. The summed E-state index contributed by atoms with van der Waals surface area (Å²) in [5.74, 6) is -1.11. The lowest BCUT2D eigenvalue weighted by atomic mass is 10.0. The summed E-state index contributed by atoms with van der Waals surface area (Å²) in [4.78, 5) is 38.8. The van der Waals surface area contributed by atoms with Crippen LogP contribution in [0.2, 0.25) is 0 Å². The molecule has 2 heterocycles. The first-order valence-electron chi connectivity index (χ1n) is 8.87. The number of fused-ring (bicyclic) bond motifs is 1. The number of amides is 2. The quantitative estimate of drug-likeness (QED) is 0.834. The zero-order valence-corrected chi connectivity index (χ0v) is 16.2. The summed E-state index contributed by atoms with van der Waals surface area (Å²) in [6.07, 6.45) is -0.619. The van der Waals surface area contributed by atoms with E-state index in [4.69, 9.17) is 4.74 Å². The van der Waals surface area contributed by atoms with Crippen LogP contribution in [0.15, 0.2) is 35.1 Å². The molecule has 2 amide bonds. The number of nitrogens with zero attached hydrogens (tertiary/aromatic N) is 3. The summed E-state index contributed by atoms with van der Waals surface area (Å²) >= 11 is 0. The van der Waals surface area contributed by atoms with E-state index in [1.165, 1.54) is 30.3 Å². The minimum atomic E-state index is -0.795. The predicted octanol–water partition coefficient (Wildman–Crippen LogP) is 2.67. The van der Waals surface area contributed by atoms with E-state index < -0.39 is 29.0 Å². The second-order valence-electron chi connectivity index (χ2n) is 7.48. The van der Waals surface area contributed by atoms with Crippen LogP contribution >= 0.6 is 0 Å². The second kappa shape index (κ2) is 7.39. The summed E-state index contributed by atoms with van der Waals surface area (Å²) in [5, 5.41) is 9.30. The summed E-state index contributed by atoms with van der Waals surface area (Å²) < 4.78 is 19.5. The van der Waals surface area contributed by atoms with Crippen molar-refractivity contribution in [2.75, 3.05) is 12.0 Å². The number of nitrogens with one attached hydrogen (secondary N) is 1. The molecule has 0 spiro atoms. The van der Waals surface area contributed by atoms with Crippen molar-refractivity contribution in [1.29, 1.82) is 5.26 Å². The van der Waals surface area contributed by atoms with E-state index in [9.17, 15) is 24.0 Å².